The summed E-state index contributed by atoms with van der Waals surface area (Å²) in [6, 6.07) is 8.02. The van der Waals surface area contributed by atoms with Crippen LogP contribution in [0.25, 0.3) is 0 Å². The first-order valence-electron chi connectivity index (χ1n) is 11.4. The second kappa shape index (κ2) is 12.7. The van der Waals surface area contributed by atoms with Gasteiger partial charge in [-0.05, 0) is 36.2 Å². The summed E-state index contributed by atoms with van der Waals surface area (Å²) in [4.78, 5) is 4.66. The Morgan fingerprint density at radius 2 is 1.55 bits per heavy atom. The number of hydrogen-bond acceptors (Lipinski definition) is 8. The molecule has 8 nitrogen and oxygen atoms in total. The zero-order chi connectivity index (χ0) is 24.5. The van der Waals surface area contributed by atoms with Gasteiger partial charge in [0, 0.05) is 62.3 Å². The van der Waals surface area contributed by atoms with E-state index < -0.39 is 6.17 Å². The summed E-state index contributed by atoms with van der Waals surface area (Å²) in [5.41, 5.74) is 17.8. The van der Waals surface area contributed by atoms with Crippen molar-refractivity contribution in [1.29, 1.82) is 0 Å². The number of likely N-dealkylation sites (N-methyl/N-ethyl adjacent to an activating group) is 1. The summed E-state index contributed by atoms with van der Waals surface area (Å²) in [5.74, 6) is -0.260. The molecule has 0 aromatic heterocycles. The van der Waals surface area contributed by atoms with E-state index in [1.54, 1.807) is 18.2 Å². The van der Waals surface area contributed by atoms with E-state index in [9.17, 15) is 14.6 Å². The van der Waals surface area contributed by atoms with Gasteiger partial charge >= 0.3 is 0 Å². The van der Waals surface area contributed by atoms with Gasteiger partial charge in [-0.2, -0.15) is 0 Å². The zero-order valence-electron chi connectivity index (χ0n) is 19.9. The molecular weight excluding hydrogens is 423 g/mol. The summed E-state index contributed by atoms with van der Waals surface area (Å²) < 4.78 is 14.7. The van der Waals surface area contributed by atoms with Crippen LogP contribution in [0.15, 0.2) is 30.3 Å². The number of nitrogens with two attached hydrogens (primary N) is 3. The van der Waals surface area contributed by atoms with Crippen molar-refractivity contribution in [1.82, 2.24) is 9.80 Å². The molecule has 1 aliphatic heterocycles. The highest BCUT2D eigenvalue weighted by Crippen LogP contribution is 2.35. The third kappa shape index (κ3) is 7.55. The molecule has 33 heavy (non-hydrogen) atoms. The highest BCUT2D eigenvalue weighted by molar-refractivity contribution is 5.52. The van der Waals surface area contributed by atoms with Crippen LogP contribution in [0.5, 0.6) is 11.5 Å². The van der Waals surface area contributed by atoms with Crippen molar-refractivity contribution < 1.29 is 14.6 Å². The van der Waals surface area contributed by atoms with Crippen LogP contribution < -0.4 is 22.5 Å². The zero-order valence-corrected chi connectivity index (χ0v) is 19.9. The van der Waals surface area contributed by atoms with Gasteiger partial charge in [-0.1, -0.05) is 26.8 Å². The van der Waals surface area contributed by atoms with Gasteiger partial charge in [-0.3, -0.25) is 4.90 Å². The molecule has 0 amide bonds. The number of phenolic OH excluding ortho intramolecular Hbond substituents is 2. The van der Waals surface area contributed by atoms with Crippen LogP contribution in [0.3, 0.4) is 0 Å². The Morgan fingerprint density at radius 1 is 0.970 bits per heavy atom. The average molecular weight is 463 g/mol. The maximum absolute atomic E-state index is 14.7. The molecule has 0 radical (unpaired) electrons. The van der Waals surface area contributed by atoms with E-state index >= 15 is 0 Å². The lowest BCUT2D eigenvalue weighted by molar-refractivity contribution is 0.131. The van der Waals surface area contributed by atoms with Crippen LogP contribution in [0, 0.1) is 5.82 Å². The number of anilines is 1. The summed E-state index contributed by atoms with van der Waals surface area (Å²) >= 11 is 0. The van der Waals surface area contributed by atoms with E-state index in [1.807, 2.05) is 13.8 Å². The predicted molar refractivity (Wildman–Crippen MR) is 131 cm³/mol. The fraction of sp³-hybridized carbons (Fsp3) is 0.500. The van der Waals surface area contributed by atoms with E-state index in [-0.39, 0.29) is 29.9 Å². The Balaban J connectivity index is 0.00000122. The van der Waals surface area contributed by atoms with E-state index in [0.717, 1.165) is 32.7 Å². The molecule has 1 unspecified atom stereocenters. The Labute approximate surface area is 196 Å². The van der Waals surface area contributed by atoms with Gasteiger partial charge in [0.05, 0.1) is 0 Å². The van der Waals surface area contributed by atoms with Crippen LogP contribution in [-0.4, -0.2) is 59.4 Å². The molecule has 0 spiro atoms. The van der Waals surface area contributed by atoms with Gasteiger partial charge in [0.1, 0.15) is 23.5 Å². The second-order valence-corrected chi connectivity index (χ2v) is 8.50. The molecule has 1 atom stereocenters. The van der Waals surface area contributed by atoms with E-state index in [0.29, 0.717) is 28.9 Å². The minimum Gasteiger partial charge on any atom is -0.508 e. The lowest BCUT2D eigenvalue weighted by Gasteiger charge is -2.34. The number of aromatic hydroxyl groups is 2. The molecule has 184 valence electrons. The number of phenols is 2. The summed E-state index contributed by atoms with van der Waals surface area (Å²) in [6.07, 6.45) is -0.740. The molecule has 9 heteroatoms. The maximum Gasteiger partial charge on any atom is 0.129 e. The van der Waals surface area contributed by atoms with Gasteiger partial charge in [-0.15, -0.1) is 0 Å². The highest BCUT2D eigenvalue weighted by atomic mass is 19.1. The molecule has 2 aromatic carbocycles. The number of halogens is 1. The van der Waals surface area contributed by atoms with E-state index in [2.05, 4.69) is 33.5 Å². The summed E-state index contributed by atoms with van der Waals surface area (Å²) in [6.45, 7) is 11.9. The van der Waals surface area contributed by atoms with Crippen molar-refractivity contribution in [2.45, 2.75) is 39.4 Å². The Bertz CT molecular complexity index is 887. The van der Waals surface area contributed by atoms with E-state index in [1.165, 1.54) is 12.1 Å². The fourth-order valence-corrected chi connectivity index (χ4v) is 3.85. The number of piperazine rings is 1. The quantitative estimate of drug-likeness (QED) is 0.345. The Hall–Kier alpha value is -2.43. The molecular formula is C24H39FN6O2. The molecule has 1 saturated heterocycles. The van der Waals surface area contributed by atoms with Crippen molar-refractivity contribution in [2.24, 2.45) is 17.2 Å². The first kappa shape index (κ1) is 26.8. The standard InChI is InChI=1S/C23H33FN4O2.CH6N2/c1-4-27-7-9-28(10-8-27)14-16-5-6-17(11-20(16)24)26-23(25)19-12-18(15(2)3)21(29)13-22(19)30;2-1-3/h5-6,11-13,15,23,26,29-30H,4,7-10,14,25H2,1-3H3;1-3H2. The molecule has 1 aliphatic rings. The van der Waals surface area contributed by atoms with E-state index in [4.69, 9.17) is 5.73 Å². The maximum atomic E-state index is 14.7. The summed E-state index contributed by atoms with van der Waals surface area (Å²) in [7, 11) is 0. The van der Waals surface area contributed by atoms with Crippen LogP contribution in [0.4, 0.5) is 10.1 Å². The normalized spacial score (nSPS) is 15.8. The Kier molecular flexibility index (Phi) is 10.3. The van der Waals surface area contributed by atoms with Crippen molar-refractivity contribution in [2.75, 3.05) is 44.7 Å². The molecule has 2 aromatic rings. The van der Waals surface area contributed by atoms with Gasteiger partial charge in [-0.25, -0.2) is 4.39 Å². The topological polar surface area (TPSA) is 137 Å². The van der Waals surface area contributed by atoms with Crippen LogP contribution in [-0.2, 0) is 6.54 Å². The molecule has 1 fully saturated rings. The van der Waals surface area contributed by atoms with Crippen LogP contribution in [0.1, 0.15) is 49.5 Å². The lowest BCUT2D eigenvalue weighted by Crippen LogP contribution is -2.45. The average Bonchev–Trinajstić information content (AvgIpc) is 2.76. The lowest BCUT2D eigenvalue weighted by atomic mass is 9.98. The minimum absolute atomic E-state index is 0.0358. The molecule has 0 saturated carbocycles. The number of nitrogens with zero attached hydrogens (tertiary/aromatic N) is 2. The SMILES string of the molecule is CCN1CCN(Cc2ccc(NC(N)c3cc(C(C)C)c(O)cc3O)cc2F)CC1.NCN. The largest absolute Gasteiger partial charge is 0.508 e. The van der Waals surface area contributed by atoms with Crippen LogP contribution in [0.2, 0.25) is 0 Å². The number of nitrogens with one attached hydrogen (secondary N) is 1. The fourth-order valence-electron chi connectivity index (χ4n) is 3.85. The van der Waals surface area contributed by atoms with Crippen molar-refractivity contribution in [3.8, 4) is 11.5 Å². The smallest absolute Gasteiger partial charge is 0.129 e. The third-order valence-corrected chi connectivity index (χ3v) is 5.81. The Morgan fingerprint density at radius 3 is 2.09 bits per heavy atom. The van der Waals surface area contributed by atoms with Gasteiger partial charge < -0.3 is 37.6 Å². The first-order chi connectivity index (χ1) is 15.7. The molecule has 0 bridgehead atoms. The van der Waals surface area contributed by atoms with Crippen molar-refractivity contribution >= 4 is 5.69 Å². The number of benzene rings is 2. The van der Waals surface area contributed by atoms with Gasteiger partial charge in [0.2, 0.25) is 0 Å². The minimum atomic E-state index is -0.740. The summed E-state index contributed by atoms with van der Waals surface area (Å²) in [5, 5.41) is 23.3. The predicted octanol–water partition coefficient (Wildman–Crippen LogP) is 2.43. The second-order valence-electron chi connectivity index (χ2n) is 8.50. The van der Waals surface area contributed by atoms with Crippen molar-refractivity contribution in [3.63, 3.8) is 0 Å². The highest BCUT2D eigenvalue weighted by Gasteiger charge is 2.19. The van der Waals surface area contributed by atoms with Crippen LogP contribution >= 0.6 is 0 Å². The molecule has 0 aliphatic carbocycles. The number of hydrogen-bond donors (Lipinski definition) is 6. The van der Waals surface area contributed by atoms with Gasteiger partial charge in [0.25, 0.3) is 0 Å². The molecule has 1 heterocycles. The monoisotopic (exact) mass is 462 g/mol. The third-order valence-electron chi connectivity index (χ3n) is 5.81. The number of rotatable bonds is 7. The molecule has 3 rings (SSSR count). The first-order valence-corrected chi connectivity index (χ1v) is 11.4. The molecule has 9 N–H and O–H groups in total. The van der Waals surface area contributed by atoms with Gasteiger partial charge in [0.15, 0.2) is 0 Å². The van der Waals surface area contributed by atoms with Crippen molar-refractivity contribution in [3.05, 3.63) is 52.8 Å².